The Balaban J connectivity index is 1.83. The van der Waals surface area contributed by atoms with E-state index in [0.717, 1.165) is 32.0 Å². The molecule has 3 rings (SSSR count). The SMILES string of the molecule is N#CC1(N)C2CCCC1CN(C1CC1)C2. The molecule has 82 valence electrons. The monoisotopic (exact) mass is 205 g/mol. The van der Waals surface area contributed by atoms with Crippen molar-refractivity contribution in [1.82, 2.24) is 4.90 Å². The lowest BCUT2D eigenvalue weighted by Gasteiger charge is -2.50. The molecule has 2 saturated carbocycles. The molecule has 2 N–H and O–H groups in total. The summed E-state index contributed by atoms with van der Waals surface area (Å²) in [5.41, 5.74) is 5.79. The predicted molar refractivity (Wildman–Crippen MR) is 58.0 cm³/mol. The highest BCUT2D eigenvalue weighted by atomic mass is 15.2. The first-order valence-corrected chi connectivity index (χ1v) is 6.18. The summed E-state index contributed by atoms with van der Waals surface area (Å²) < 4.78 is 0. The van der Waals surface area contributed by atoms with Gasteiger partial charge in [-0.25, -0.2) is 0 Å². The molecule has 3 nitrogen and oxygen atoms in total. The molecule has 0 amide bonds. The predicted octanol–water partition coefficient (Wildman–Crippen LogP) is 1.10. The third-order valence-corrected chi connectivity index (χ3v) is 4.62. The van der Waals surface area contributed by atoms with Crippen LogP contribution in [-0.2, 0) is 0 Å². The van der Waals surface area contributed by atoms with Crippen molar-refractivity contribution in [3.63, 3.8) is 0 Å². The number of hydrogen-bond donors (Lipinski definition) is 1. The number of nitrogens with two attached hydrogens (primary N) is 1. The second-order valence-electron chi connectivity index (χ2n) is 5.55. The second-order valence-corrected chi connectivity index (χ2v) is 5.55. The first kappa shape index (κ1) is 9.62. The molecule has 0 aromatic rings. The van der Waals surface area contributed by atoms with Crippen LogP contribution in [0.4, 0.5) is 0 Å². The van der Waals surface area contributed by atoms with Crippen LogP contribution in [0.2, 0.25) is 0 Å². The van der Waals surface area contributed by atoms with Crippen molar-refractivity contribution in [2.45, 2.75) is 43.7 Å². The third kappa shape index (κ3) is 1.39. The number of nitrogens with zero attached hydrogens (tertiary/aromatic N) is 2. The maximum absolute atomic E-state index is 9.30. The van der Waals surface area contributed by atoms with E-state index in [4.69, 9.17) is 5.73 Å². The van der Waals surface area contributed by atoms with Gasteiger partial charge < -0.3 is 5.73 Å². The maximum Gasteiger partial charge on any atom is 0.112 e. The van der Waals surface area contributed by atoms with Gasteiger partial charge in [-0.1, -0.05) is 6.42 Å². The van der Waals surface area contributed by atoms with Gasteiger partial charge >= 0.3 is 0 Å². The summed E-state index contributed by atoms with van der Waals surface area (Å²) in [5.74, 6) is 0.853. The molecule has 1 heterocycles. The Labute approximate surface area is 91.2 Å². The average Bonchev–Trinajstić information content (AvgIpc) is 3.00. The number of piperidine rings is 1. The fraction of sp³-hybridized carbons (Fsp3) is 0.917. The largest absolute Gasteiger partial charge is 0.313 e. The van der Waals surface area contributed by atoms with E-state index in [0.29, 0.717) is 11.8 Å². The van der Waals surface area contributed by atoms with Crippen molar-refractivity contribution in [2.75, 3.05) is 13.1 Å². The van der Waals surface area contributed by atoms with E-state index in [1.807, 2.05) is 0 Å². The Morgan fingerprint density at radius 3 is 2.20 bits per heavy atom. The summed E-state index contributed by atoms with van der Waals surface area (Å²) in [6.07, 6.45) is 6.31. The lowest BCUT2D eigenvalue weighted by Crippen LogP contribution is -2.64. The summed E-state index contributed by atoms with van der Waals surface area (Å²) in [7, 11) is 0. The number of fused-ring (bicyclic) bond motifs is 2. The number of likely N-dealkylation sites (tertiary alicyclic amines) is 1. The van der Waals surface area contributed by atoms with Crippen molar-refractivity contribution >= 4 is 0 Å². The molecule has 1 saturated heterocycles. The van der Waals surface area contributed by atoms with Gasteiger partial charge in [-0.3, -0.25) is 4.90 Å². The zero-order chi connectivity index (χ0) is 10.5. The molecular formula is C12H19N3. The van der Waals surface area contributed by atoms with E-state index in [-0.39, 0.29) is 0 Å². The zero-order valence-corrected chi connectivity index (χ0v) is 9.15. The van der Waals surface area contributed by atoms with E-state index in [9.17, 15) is 5.26 Å². The molecule has 0 spiro atoms. The Hall–Kier alpha value is -0.590. The Morgan fingerprint density at radius 2 is 1.73 bits per heavy atom. The molecule has 3 fully saturated rings. The summed E-state index contributed by atoms with van der Waals surface area (Å²) in [4.78, 5) is 2.59. The van der Waals surface area contributed by atoms with Crippen LogP contribution in [0, 0.1) is 23.2 Å². The van der Waals surface area contributed by atoms with Crippen molar-refractivity contribution < 1.29 is 0 Å². The molecule has 2 unspecified atom stereocenters. The highest BCUT2D eigenvalue weighted by Gasteiger charge is 2.51. The minimum Gasteiger partial charge on any atom is -0.313 e. The maximum atomic E-state index is 9.30. The van der Waals surface area contributed by atoms with Crippen molar-refractivity contribution in [1.29, 1.82) is 5.26 Å². The minimum atomic E-state index is -0.510. The highest BCUT2D eigenvalue weighted by Crippen LogP contribution is 2.43. The molecule has 3 aliphatic rings. The first-order chi connectivity index (χ1) is 7.24. The fourth-order valence-electron chi connectivity index (χ4n) is 3.47. The molecule has 15 heavy (non-hydrogen) atoms. The summed E-state index contributed by atoms with van der Waals surface area (Å²) in [6, 6.07) is 3.24. The smallest absolute Gasteiger partial charge is 0.112 e. The van der Waals surface area contributed by atoms with Gasteiger partial charge in [0, 0.05) is 31.0 Å². The minimum absolute atomic E-state index is 0.426. The topological polar surface area (TPSA) is 53.1 Å². The third-order valence-electron chi connectivity index (χ3n) is 4.62. The second kappa shape index (κ2) is 3.20. The number of rotatable bonds is 1. The quantitative estimate of drug-likeness (QED) is 0.697. The van der Waals surface area contributed by atoms with E-state index >= 15 is 0 Å². The van der Waals surface area contributed by atoms with Crippen molar-refractivity contribution in [3.05, 3.63) is 0 Å². The van der Waals surface area contributed by atoms with E-state index in [1.165, 1.54) is 19.3 Å². The number of nitriles is 1. The van der Waals surface area contributed by atoms with Crippen LogP contribution in [0.3, 0.4) is 0 Å². The van der Waals surface area contributed by atoms with Crippen molar-refractivity contribution in [2.24, 2.45) is 17.6 Å². The molecule has 0 radical (unpaired) electrons. The van der Waals surface area contributed by atoms with Crippen molar-refractivity contribution in [3.8, 4) is 6.07 Å². The number of hydrogen-bond acceptors (Lipinski definition) is 3. The molecule has 2 bridgehead atoms. The zero-order valence-electron chi connectivity index (χ0n) is 9.15. The Bertz CT molecular complexity index is 288. The van der Waals surface area contributed by atoms with Gasteiger partial charge in [0.2, 0.25) is 0 Å². The van der Waals surface area contributed by atoms with Gasteiger partial charge in [0.05, 0.1) is 6.07 Å². The Morgan fingerprint density at radius 1 is 1.13 bits per heavy atom. The van der Waals surface area contributed by atoms with Crippen LogP contribution < -0.4 is 5.73 Å². The van der Waals surface area contributed by atoms with E-state index < -0.39 is 5.54 Å². The van der Waals surface area contributed by atoms with Crippen LogP contribution in [0.1, 0.15) is 32.1 Å². The fourth-order valence-corrected chi connectivity index (χ4v) is 3.47. The lowest BCUT2D eigenvalue weighted by atomic mass is 9.64. The van der Waals surface area contributed by atoms with Crippen LogP contribution in [-0.4, -0.2) is 29.6 Å². The molecule has 2 atom stereocenters. The highest BCUT2D eigenvalue weighted by molar-refractivity contribution is 5.18. The molecule has 0 aromatic heterocycles. The normalized spacial score (nSPS) is 46.1. The average molecular weight is 205 g/mol. The van der Waals surface area contributed by atoms with Crippen LogP contribution in [0.25, 0.3) is 0 Å². The lowest BCUT2D eigenvalue weighted by molar-refractivity contribution is 0.0255. The molecule has 1 aliphatic heterocycles. The summed E-state index contributed by atoms with van der Waals surface area (Å²) in [5, 5.41) is 9.30. The summed E-state index contributed by atoms with van der Waals surface area (Å²) in [6.45, 7) is 2.15. The van der Waals surface area contributed by atoms with Gasteiger partial charge in [0.15, 0.2) is 0 Å². The van der Waals surface area contributed by atoms with Gasteiger partial charge in [0.25, 0.3) is 0 Å². The van der Waals surface area contributed by atoms with E-state index in [2.05, 4.69) is 11.0 Å². The van der Waals surface area contributed by atoms with Crippen LogP contribution in [0.5, 0.6) is 0 Å². The standard InChI is InChI=1S/C12H19N3/c13-8-12(14)9-2-1-3-10(12)7-15(6-9)11-4-5-11/h9-11H,1-7,14H2. The van der Waals surface area contributed by atoms with Gasteiger partial charge in [-0.15, -0.1) is 0 Å². The van der Waals surface area contributed by atoms with Crippen LogP contribution in [0.15, 0.2) is 0 Å². The van der Waals surface area contributed by atoms with Gasteiger partial charge in [-0.2, -0.15) is 5.26 Å². The van der Waals surface area contributed by atoms with Gasteiger partial charge in [0.1, 0.15) is 5.54 Å². The molecule has 3 heteroatoms. The first-order valence-electron chi connectivity index (χ1n) is 6.18. The molecular weight excluding hydrogens is 186 g/mol. The Kier molecular flexibility index (Phi) is 2.05. The molecule has 0 aromatic carbocycles. The van der Waals surface area contributed by atoms with Crippen LogP contribution >= 0.6 is 0 Å². The van der Waals surface area contributed by atoms with Gasteiger partial charge in [-0.05, 0) is 25.7 Å². The summed E-state index contributed by atoms with van der Waals surface area (Å²) >= 11 is 0. The van der Waals surface area contributed by atoms with E-state index in [1.54, 1.807) is 0 Å². The molecule has 2 aliphatic carbocycles.